The molecule has 1 fully saturated rings. The normalized spacial score (nSPS) is 32.9. The predicted octanol–water partition coefficient (Wildman–Crippen LogP) is 2.68. The van der Waals surface area contributed by atoms with Crippen molar-refractivity contribution in [3.05, 3.63) is 12.2 Å². The highest BCUT2D eigenvalue weighted by atomic mass is 15.2. The van der Waals surface area contributed by atoms with Crippen LogP contribution in [0.15, 0.2) is 12.2 Å². The maximum atomic E-state index is 2.60. The summed E-state index contributed by atoms with van der Waals surface area (Å²) in [5.41, 5.74) is 0.438. The summed E-state index contributed by atoms with van der Waals surface area (Å²) < 4.78 is 0. The van der Waals surface area contributed by atoms with Gasteiger partial charge < -0.3 is 4.90 Å². The summed E-state index contributed by atoms with van der Waals surface area (Å²) in [6.07, 6.45) is 8.87. The van der Waals surface area contributed by atoms with Gasteiger partial charge in [-0.15, -0.1) is 0 Å². The summed E-state index contributed by atoms with van der Waals surface area (Å²) in [6, 6.07) is 0. The maximum absolute atomic E-state index is 2.60. The largest absolute Gasteiger partial charge is 0.303 e. The minimum atomic E-state index is 0.438. The monoisotopic (exact) mass is 179 g/mol. The first-order chi connectivity index (χ1) is 6.18. The Morgan fingerprint density at radius 3 is 2.69 bits per heavy atom. The van der Waals surface area contributed by atoms with Gasteiger partial charge in [-0.3, -0.25) is 0 Å². The Bertz CT molecular complexity index is 201. The lowest BCUT2D eigenvalue weighted by Crippen LogP contribution is -2.44. The predicted molar refractivity (Wildman–Crippen MR) is 56.7 cm³/mol. The molecule has 1 aliphatic heterocycles. The summed E-state index contributed by atoms with van der Waals surface area (Å²) in [5.74, 6) is 0.887. The van der Waals surface area contributed by atoms with E-state index in [1.54, 1.807) is 0 Å². The van der Waals surface area contributed by atoms with Crippen molar-refractivity contribution in [2.24, 2.45) is 11.3 Å². The van der Waals surface area contributed by atoms with Gasteiger partial charge in [-0.05, 0) is 43.7 Å². The molecule has 0 bridgehead atoms. The summed E-state index contributed by atoms with van der Waals surface area (Å²) in [5, 5.41) is 0. The van der Waals surface area contributed by atoms with Gasteiger partial charge in [-0.2, -0.15) is 0 Å². The molecular formula is C12H21N. The molecule has 2 rings (SSSR count). The van der Waals surface area contributed by atoms with Crippen LogP contribution in [0.1, 0.15) is 33.1 Å². The molecule has 0 amide bonds. The van der Waals surface area contributed by atoms with E-state index in [0.717, 1.165) is 5.92 Å². The van der Waals surface area contributed by atoms with Crippen molar-refractivity contribution in [2.45, 2.75) is 33.1 Å². The second kappa shape index (κ2) is 3.45. The van der Waals surface area contributed by atoms with Crippen molar-refractivity contribution in [1.29, 1.82) is 0 Å². The van der Waals surface area contributed by atoms with Crippen molar-refractivity contribution >= 4 is 0 Å². The van der Waals surface area contributed by atoms with E-state index in [2.05, 4.69) is 30.9 Å². The lowest BCUT2D eigenvalue weighted by molar-refractivity contribution is 0.106. The van der Waals surface area contributed by atoms with Crippen LogP contribution < -0.4 is 0 Å². The zero-order valence-corrected chi connectivity index (χ0v) is 8.92. The fourth-order valence-corrected chi connectivity index (χ4v) is 2.40. The van der Waals surface area contributed by atoms with Crippen LogP contribution >= 0.6 is 0 Å². The molecule has 0 spiro atoms. The smallest absolute Gasteiger partial charge is 0.00179 e. The Hall–Kier alpha value is -0.300. The molecule has 1 heteroatoms. The molecule has 1 atom stereocenters. The van der Waals surface area contributed by atoms with E-state index < -0.39 is 0 Å². The van der Waals surface area contributed by atoms with Gasteiger partial charge in [0.2, 0.25) is 0 Å². The van der Waals surface area contributed by atoms with E-state index in [9.17, 15) is 0 Å². The van der Waals surface area contributed by atoms with E-state index in [1.807, 2.05) is 0 Å². The third-order valence-corrected chi connectivity index (χ3v) is 3.71. The highest BCUT2D eigenvalue weighted by Crippen LogP contribution is 2.36. The first-order valence-electron chi connectivity index (χ1n) is 5.58. The minimum Gasteiger partial charge on any atom is -0.303 e. The lowest BCUT2D eigenvalue weighted by atomic mass is 9.72. The molecule has 0 N–H and O–H groups in total. The quantitative estimate of drug-likeness (QED) is 0.589. The molecule has 0 aromatic carbocycles. The van der Waals surface area contributed by atoms with Crippen molar-refractivity contribution < 1.29 is 0 Å². The van der Waals surface area contributed by atoms with Crippen molar-refractivity contribution in [3.63, 3.8) is 0 Å². The first-order valence-corrected chi connectivity index (χ1v) is 5.58. The Morgan fingerprint density at radius 1 is 1.38 bits per heavy atom. The zero-order valence-electron chi connectivity index (χ0n) is 8.92. The van der Waals surface area contributed by atoms with Gasteiger partial charge in [-0.1, -0.05) is 26.0 Å². The van der Waals surface area contributed by atoms with E-state index in [-0.39, 0.29) is 0 Å². The van der Waals surface area contributed by atoms with E-state index in [1.165, 1.54) is 38.9 Å². The Kier molecular flexibility index (Phi) is 2.46. The van der Waals surface area contributed by atoms with Crippen LogP contribution in [0.4, 0.5) is 0 Å². The van der Waals surface area contributed by atoms with Crippen LogP contribution in [0.5, 0.6) is 0 Å². The van der Waals surface area contributed by atoms with Crippen LogP contribution in [0.2, 0.25) is 0 Å². The molecule has 2 aliphatic rings. The second-order valence-electron chi connectivity index (χ2n) is 5.15. The van der Waals surface area contributed by atoms with Gasteiger partial charge in [0, 0.05) is 6.54 Å². The van der Waals surface area contributed by atoms with Crippen molar-refractivity contribution in [1.82, 2.24) is 4.90 Å². The minimum absolute atomic E-state index is 0.438. The lowest BCUT2D eigenvalue weighted by Gasteiger charge is -2.41. The number of allylic oxidation sites excluding steroid dienone is 2. The van der Waals surface area contributed by atoms with Gasteiger partial charge >= 0.3 is 0 Å². The molecule has 0 aromatic rings. The van der Waals surface area contributed by atoms with Gasteiger partial charge in [-0.25, -0.2) is 0 Å². The van der Waals surface area contributed by atoms with Crippen LogP contribution in [0.25, 0.3) is 0 Å². The Balaban J connectivity index is 1.92. The molecule has 0 saturated carbocycles. The second-order valence-corrected chi connectivity index (χ2v) is 5.15. The van der Waals surface area contributed by atoms with Crippen LogP contribution in [0, 0.1) is 11.3 Å². The van der Waals surface area contributed by atoms with E-state index >= 15 is 0 Å². The first kappa shape index (κ1) is 9.26. The average molecular weight is 179 g/mol. The topological polar surface area (TPSA) is 3.24 Å². The highest BCUT2D eigenvalue weighted by molar-refractivity contribution is 5.03. The number of hydrogen-bond acceptors (Lipinski definition) is 1. The van der Waals surface area contributed by atoms with Gasteiger partial charge in [0.25, 0.3) is 0 Å². The molecular weight excluding hydrogens is 158 g/mol. The Labute approximate surface area is 81.8 Å². The van der Waals surface area contributed by atoms with Crippen molar-refractivity contribution in [3.8, 4) is 0 Å². The number of rotatable bonds is 2. The SMILES string of the molecule is CC1(C)C=CCCC1CN1CCC1. The summed E-state index contributed by atoms with van der Waals surface area (Å²) >= 11 is 0. The van der Waals surface area contributed by atoms with E-state index in [4.69, 9.17) is 0 Å². The molecule has 1 aliphatic carbocycles. The number of nitrogens with zero attached hydrogens (tertiary/aromatic N) is 1. The van der Waals surface area contributed by atoms with E-state index in [0.29, 0.717) is 5.41 Å². The summed E-state index contributed by atoms with van der Waals surface area (Å²) in [4.78, 5) is 2.60. The zero-order chi connectivity index (χ0) is 9.31. The fourth-order valence-electron chi connectivity index (χ4n) is 2.40. The highest BCUT2D eigenvalue weighted by Gasteiger charge is 2.31. The summed E-state index contributed by atoms with van der Waals surface area (Å²) in [6.45, 7) is 8.78. The maximum Gasteiger partial charge on any atom is 0.00179 e. The third kappa shape index (κ3) is 1.96. The van der Waals surface area contributed by atoms with Crippen molar-refractivity contribution in [2.75, 3.05) is 19.6 Å². The molecule has 1 heterocycles. The van der Waals surface area contributed by atoms with Gasteiger partial charge in [0.15, 0.2) is 0 Å². The van der Waals surface area contributed by atoms with Gasteiger partial charge in [0.05, 0.1) is 0 Å². The molecule has 0 aromatic heterocycles. The molecule has 13 heavy (non-hydrogen) atoms. The van der Waals surface area contributed by atoms with Gasteiger partial charge in [0.1, 0.15) is 0 Å². The fraction of sp³-hybridized carbons (Fsp3) is 0.833. The summed E-state index contributed by atoms with van der Waals surface area (Å²) in [7, 11) is 0. The third-order valence-electron chi connectivity index (χ3n) is 3.71. The molecule has 0 radical (unpaired) electrons. The molecule has 1 saturated heterocycles. The van der Waals surface area contributed by atoms with Crippen LogP contribution in [0.3, 0.4) is 0 Å². The standard InChI is InChI=1S/C12H21N/c1-12(2)7-4-3-6-11(12)10-13-8-5-9-13/h4,7,11H,3,5-6,8-10H2,1-2H3. The molecule has 1 unspecified atom stereocenters. The average Bonchev–Trinajstić information content (AvgIpc) is 1.98. The number of hydrogen-bond donors (Lipinski definition) is 0. The molecule has 1 nitrogen and oxygen atoms in total. The van der Waals surface area contributed by atoms with Crippen LogP contribution in [-0.4, -0.2) is 24.5 Å². The molecule has 74 valence electrons. The number of likely N-dealkylation sites (tertiary alicyclic amines) is 1. The Morgan fingerprint density at radius 2 is 2.15 bits per heavy atom. The van der Waals surface area contributed by atoms with Crippen LogP contribution in [-0.2, 0) is 0 Å².